The van der Waals surface area contributed by atoms with Crippen LogP contribution in [0.4, 0.5) is 0 Å². The molecule has 1 aliphatic carbocycles. The van der Waals surface area contributed by atoms with Crippen molar-refractivity contribution in [2.75, 3.05) is 0 Å². The number of carbonyl (C=O) groups excluding carboxylic acids is 2. The van der Waals surface area contributed by atoms with Gasteiger partial charge in [0.2, 0.25) is 5.78 Å². The highest BCUT2D eigenvalue weighted by molar-refractivity contribution is 9.10. The molecule has 4 rings (SSSR count). The molecular formula is C22H15BrO4. The molecule has 0 atom stereocenters. The topological polar surface area (TPSA) is 63.6 Å². The van der Waals surface area contributed by atoms with E-state index in [0.29, 0.717) is 21.3 Å². The number of aryl methyl sites for hydroxylation is 1. The maximum absolute atomic E-state index is 13.2. The van der Waals surface area contributed by atoms with Crippen LogP contribution in [-0.2, 0) is 6.61 Å². The van der Waals surface area contributed by atoms with Gasteiger partial charge in [-0.2, -0.15) is 0 Å². The zero-order valence-electron chi connectivity index (χ0n) is 14.5. The van der Waals surface area contributed by atoms with Gasteiger partial charge >= 0.3 is 0 Å². The number of halogens is 1. The summed E-state index contributed by atoms with van der Waals surface area (Å²) in [6.45, 7) is 2.03. The Bertz CT molecular complexity index is 1090. The van der Waals surface area contributed by atoms with Crippen molar-refractivity contribution >= 4 is 27.5 Å². The first-order chi connectivity index (χ1) is 13.0. The molecule has 1 aliphatic rings. The van der Waals surface area contributed by atoms with Crippen LogP contribution in [-0.4, -0.2) is 16.7 Å². The third-order valence-corrected chi connectivity index (χ3v) is 5.63. The van der Waals surface area contributed by atoms with Gasteiger partial charge in [-0.1, -0.05) is 42.5 Å². The molecule has 0 fully saturated rings. The van der Waals surface area contributed by atoms with Crippen molar-refractivity contribution in [1.82, 2.24) is 0 Å². The average Bonchev–Trinajstić information content (AvgIpc) is 2.69. The van der Waals surface area contributed by atoms with Crippen LogP contribution in [0, 0.1) is 6.92 Å². The minimum Gasteiger partial charge on any atom is -0.506 e. The molecule has 0 saturated carbocycles. The Morgan fingerprint density at radius 1 is 0.926 bits per heavy atom. The van der Waals surface area contributed by atoms with E-state index in [1.54, 1.807) is 31.2 Å². The highest BCUT2D eigenvalue weighted by Gasteiger charge is 2.35. The molecule has 3 aromatic rings. The second kappa shape index (κ2) is 6.67. The Kier molecular flexibility index (Phi) is 4.32. The van der Waals surface area contributed by atoms with Crippen LogP contribution in [0.3, 0.4) is 0 Å². The summed E-state index contributed by atoms with van der Waals surface area (Å²) in [5.41, 5.74) is 2.35. The summed E-state index contributed by atoms with van der Waals surface area (Å²) in [4.78, 5) is 26.1. The molecule has 4 nitrogen and oxygen atoms in total. The Hall–Kier alpha value is -2.92. The van der Waals surface area contributed by atoms with Crippen LogP contribution in [0.15, 0.2) is 59.1 Å². The quantitative estimate of drug-likeness (QED) is 0.514. The molecule has 1 N–H and O–H groups in total. The molecule has 134 valence electrons. The Morgan fingerprint density at radius 3 is 2.41 bits per heavy atom. The second-order valence-electron chi connectivity index (χ2n) is 6.39. The number of phenolic OH excluding ortho intramolecular Hbond substituents is 1. The van der Waals surface area contributed by atoms with E-state index in [0.717, 1.165) is 5.56 Å². The maximum atomic E-state index is 13.2. The summed E-state index contributed by atoms with van der Waals surface area (Å²) >= 11 is 3.28. The van der Waals surface area contributed by atoms with Crippen LogP contribution in [0.5, 0.6) is 11.5 Å². The van der Waals surface area contributed by atoms with Crippen molar-refractivity contribution in [1.29, 1.82) is 0 Å². The normalized spacial score (nSPS) is 12.5. The summed E-state index contributed by atoms with van der Waals surface area (Å²) in [6.07, 6.45) is 0. The van der Waals surface area contributed by atoms with Crippen molar-refractivity contribution in [3.63, 3.8) is 0 Å². The first-order valence-corrected chi connectivity index (χ1v) is 9.19. The molecule has 0 heterocycles. The lowest BCUT2D eigenvalue weighted by molar-refractivity contribution is 0.0972. The molecule has 0 unspecified atom stereocenters. The van der Waals surface area contributed by atoms with E-state index >= 15 is 0 Å². The van der Waals surface area contributed by atoms with Crippen LogP contribution in [0.2, 0.25) is 0 Å². The number of ether oxygens (including phenoxy) is 1. The van der Waals surface area contributed by atoms with Gasteiger partial charge in [-0.25, -0.2) is 0 Å². The van der Waals surface area contributed by atoms with E-state index in [9.17, 15) is 14.7 Å². The van der Waals surface area contributed by atoms with E-state index < -0.39 is 5.78 Å². The van der Waals surface area contributed by atoms with Gasteiger partial charge in [0.1, 0.15) is 18.1 Å². The van der Waals surface area contributed by atoms with Crippen molar-refractivity contribution in [2.24, 2.45) is 0 Å². The van der Waals surface area contributed by atoms with Crippen LogP contribution >= 0.6 is 15.9 Å². The summed E-state index contributed by atoms with van der Waals surface area (Å²) < 4.78 is 6.26. The molecule has 0 aromatic heterocycles. The third kappa shape index (κ3) is 2.84. The Morgan fingerprint density at radius 2 is 1.67 bits per heavy atom. The summed E-state index contributed by atoms with van der Waals surface area (Å²) in [5, 5.41) is 10.5. The van der Waals surface area contributed by atoms with E-state index in [-0.39, 0.29) is 34.8 Å². The highest BCUT2D eigenvalue weighted by Crippen LogP contribution is 2.41. The van der Waals surface area contributed by atoms with Gasteiger partial charge in [-0.3, -0.25) is 9.59 Å². The molecule has 5 heteroatoms. The molecule has 0 radical (unpaired) electrons. The number of phenols is 1. The number of ketones is 2. The predicted octanol–water partition coefficient (Wildman–Crippen LogP) is 4.82. The lowest BCUT2D eigenvalue weighted by Crippen LogP contribution is -2.22. The van der Waals surface area contributed by atoms with Crippen molar-refractivity contribution in [2.45, 2.75) is 13.5 Å². The van der Waals surface area contributed by atoms with E-state index in [2.05, 4.69) is 15.9 Å². The molecule has 0 aliphatic heterocycles. The van der Waals surface area contributed by atoms with E-state index in [4.69, 9.17) is 4.74 Å². The fraction of sp³-hybridized carbons (Fsp3) is 0.0909. The summed E-state index contributed by atoms with van der Waals surface area (Å²) in [7, 11) is 0. The number of hydrogen-bond donors (Lipinski definition) is 1. The lowest BCUT2D eigenvalue weighted by Gasteiger charge is -2.22. The molecule has 0 amide bonds. The number of carbonyl (C=O) groups is 2. The van der Waals surface area contributed by atoms with Gasteiger partial charge in [-0.15, -0.1) is 0 Å². The Labute approximate surface area is 164 Å². The standard InChI is InChI=1S/C22H15BrO4/c1-12-10-15-18(22(26)19(12)23)21(25)17-14(20(15)24)8-5-9-16(17)27-11-13-6-3-2-4-7-13/h2-10,26H,11H2,1H3. The number of rotatable bonds is 3. The SMILES string of the molecule is Cc1cc2c(c(O)c1Br)C(=O)c1c(OCc3ccccc3)cccc1C2=O. The maximum Gasteiger partial charge on any atom is 0.202 e. The van der Waals surface area contributed by atoms with Crippen molar-refractivity contribution < 1.29 is 19.4 Å². The highest BCUT2D eigenvalue weighted by atomic mass is 79.9. The minimum absolute atomic E-state index is 0.0146. The van der Waals surface area contributed by atoms with E-state index in [1.165, 1.54) is 0 Å². The molecular weight excluding hydrogens is 408 g/mol. The number of fused-ring (bicyclic) bond motifs is 2. The fourth-order valence-corrected chi connectivity index (χ4v) is 3.58. The summed E-state index contributed by atoms with van der Waals surface area (Å²) in [6, 6.07) is 16.2. The van der Waals surface area contributed by atoms with Crippen molar-refractivity contribution in [3.05, 3.63) is 92.5 Å². The van der Waals surface area contributed by atoms with Gasteiger partial charge in [0.25, 0.3) is 0 Å². The lowest BCUT2D eigenvalue weighted by atomic mass is 9.82. The molecule has 0 spiro atoms. The molecule has 0 bridgehead atoms. The molecule has 0 saturated heterocycles. The zero-order chi connectivity index (χ0) is 19.1. The smallest absolute Gasteiger partial charge is 0.202 e. The van der Waals surface area contributed by atoms with Gasteiger partial charge in [0.15, 0.2) is 5.78 Å². The fourth-order valence-electron chi connectivity index (χ4n) is 3.27. The Balaban J connectivity index is 1.81. The summed E-state index contributed by atoms with van der Waals surface area (Å²) in [5.74, 6) is -0.597. The van der Waals surface area contributed by atoms with Crippen LogP contribution < -0.4 is 4.74 Å². The second-order valence-corrected chi connectivity index (χ2v) is 7.18. The van der Waals surface area contributed by atoms with Crippen molar-refractivity contribution in [3.8, 4) is 11.5 Å². The number of aromatic hydroxyl groups is 1. The zero-order valence-corrected chi connectivity index (χ0v) is 16.0. The van der Waals surface area contributed by atoms with Gasteiger partial charge in [0, 0.05) is 11.1 Å². The van der Waals surface area contributed by atoms with Gasteiger partial charge < -0.3 is 9.84 Å². The number of benzene rings is 3. The molecule has 3 aromatic carbocycles. The van der Waals surface area contributed by atoms with Crippen LogP contribution in [0.1, 0.15) is 43.0 Å². The third-order valence-electron chi connectivity index (χ3n) is 4.63. The number of hydrogen-bond acceptors (Lipinski definition) is 4. The van der Waals surface area contributed by atoms with E-state index in [1.807, 2.05) is 30.3 Å². The monoisotopic (exact) mass is 422 g/mol. The van der Waals surface area contributed by atoms with Gasteiger partial charge in [0.05, 0.1) is 15.6 Å². The first-order valence-electron chi connectivity index (χ1n) is 8.40. The minimum atomic E-state index is -0.415. The average molecular weight is 423 g/mol. The first kappa shape index (κ1) is 17.5. The van der Waals surface area contributed by atoms with Gasteiger partial charge in [-0.05, 0) is 46.1 Å². The van der Waals surface area contributed by atoms with Crippen LogP contribution in [0.25, 0.3) is 0 Å². The largest absolute Gasteiger partial charge is 0.506 e. The molecule has 27 heavy (non-hydrogen) atoms. The predicted molar refractivity (Wildman–Crippen MR) is 105 cm³/mol.